The molecule has 1 aliphatic rings. The quantitative estimate of drug-likeness (QED) is 0.827. The highest BCUT2D eigenvalue weighted by molar-refractivity contribution is 7.15. The molecule has 0 spiro atoms. The molecule has 14 heavy (non-hydrogen) atoms. The van der Waals surface area contributed by atoms with Crippen LogP contribution in [0.3, 0.4) is 0 Å². The van der Waals surface area contributed by atoms with Gasteiger partial charge in [-0.05, 0) is 18.8 Å². The van der Waals surface area contributed by atoms with Gasteiger partial charge < -0.3 is 5.32 Å². The second-order valence-corrected chi connectivity index (χ2v) is 4.73. The van der Waals surface area contributed by atoms with Gasteiger partial charge in [0.05, 0.1) is 0 Å². The van der Waals surface area contributed by atoms with Gasteiger partial charge in [-0.3, -0.25) is 4.79 Å². The van der Waals surface area contributed by atoms with Crippen molar-refractivity contribution in [2.24, 2.45) is 11.8 Å². The standard InChI is InChI=1S/C9H13N3OS/c1-3-7-11-12-9(14-7)10-8(13)6-4-5(6)2/h5-6H,3-4H2,1-2H3,(H,10,12,13)/t5-,6+/m1/s1. The number of amides is 1. The Labute approximate surface area is 86.7 Å². The van der Waals surface area contributed by atoms with Crippen LogP contribution in [-0.4, -0.2) is 16.1 Å². The van der Waals surface area contributed by atoms with Crippen LogP contribution in [0.2, 0.25) is 0 Å². The zero-order valence-electron chi connectivity index (χ0n) is 8.28. The lowest BCUT2D eigenvalue weighted by Gasteiger charge is -1.97. The normalized spacial score (nSPS) is 24.7. The molecule has 0 saturated heterocycles. The van der Waals surface area contributed by atoms with E-state index in [4.69, 9.17) is 0 Å². The Kier molecular flexibility index (Phi) is 2.50. The SMILES string of the molecule is CCc1nnc(NC(=O)[C@H]2C[C@H]2C)s1. The summed E-state index contributed by atoms with van der Waals surface area (Å²) in [6, 6.07) is 0. The number of anilines is 1. The topological polar surface area (TPSA) is 54.9 Å². The lowest BCUT2D eigenvalue weighted by Crippen LogP contribution is -2.14. The Morgan fingerprint density at radius 3 is 2.86 bits per heavy atom. The molecular weight excluding hydrogens is 198 g/mol. The van der Waals surface area contributed by atoms with E-state index in [2.05, 4.69) is 22.4 Å². The summed E-state index contributed by atoms with van der Waals surface area (Å²) in [4.78, 5) is 11.5. The number of carbonyl (C=O) groups excluding carboxylic acids is 1. The first-order valence-electron chi connectivity index (χ1n) is 4.84. The van der Waals surface area contributed by atoms with Crippen LogP contribution < -0.4 is 5.32 Å². The molecule has 1 aliphatic carbocycles. The van der Waals surface area contributed by atoms with E-state index in [0.29, 0.717) is 11.0 Å². The Morgan fingerprint density at radius 1 is 1.64 bits per heavy atom. The Balaban J connectivity index is 1.93. The third-order valence-electron chi connectivity index (χ3n) is 2.45. The number of aromatic nitrogens is 2. The highest BCUT2D eigenvalue weighted by Gasteiger charge is 2.39. The molecule has 1 saturated carbocycles. The van der Waals surface area contributed by atoms with Gasteiger partial charge in [0.1, 0.15) is 5.01 Å². The van der Waals surface area contributed by atoms with E-state index in [1.54, 1.807) is 0 Å². The van der Waals surface area contributed by atoms with E-state index >= 15 is 0 Å². The van der Waals surface area contributed by atoms with Crippen LogP contribution >= 0.6 is 11.3 Å². The molecule has 0 unspecified atom stereocenters. The smallest absolute Gasteiger partial charge is 0.229 e. The van der Waals surface area contributed by atoms with E-state index in [1.165, 1.54) is 11.3 Å². The maximum absolute atomic E-state index is 11.5. The fourth-order valence-corrected chi connectivity index (χ4v) is 2.01. The van der Waals surface area contributed by atoms with Crippen LogP contribution in [-0.2, 0) is 11.2 Å². The Morgan fingerprint density at radius 2 is 2.36 bits per heavy atom. The second kappa shape index (κ2) is 3.65. The molecule has 1 aromatic rings. The third kappa shape index (κ3) is 1.92. The van der Waals surface area contributed by atoms with Gasteiger partial charge in [0.2, 0.25) is 11.0 Å². The van der Waals surface area contributed by atoms with Crippen LogP contribution in [0.15, 0.2) is 0 Å². The molecule has 1 N–H and O–H groups in total. The number of aryl methyl sites for hydroxylation is 1. The summed E-state index contributed by atoms with van der Waals surface area (Å²) in [5, 5.41) is 12.2. The molecule has 76 valence electrons. The molecule has 0 aromatic carbocycles. The zero-order valence-corrected chi connectivity index (χ0v) is 9.10. The molecule has 0 aliphatic heterocycles. The van der Waals surface area contributed by atoms with Crippen LogP contribution in [0.4, 0.5) is 5.13 Å². The third-order valence-corrected chi connectivity index (χ3v) is 3.43. The summed E-state index contributed by atoms with van der Waals surface area (Å²) >= 11 is 1.45. The van der Waals surface area contributed by atoms with Crippen LogP contribution in [0.1, 0.15) is 25.3 Å². The highest BCUT2D eigenvalue weighted by atomic mass is 32.1. The van der Waals surface area contributed by atoms with Crippen molar-refractivity contribution < 1.29 is 4.79 Å². The van der Waals surface area contributed by atoms with Gasteiger partial charge in [0, 0.05) is 5.92 Å². The predicted octanol–water partition coefficient (Wildman–Crippen LogP) is 1.70. The molecule has 2 rings (SSSR count). The second-order valence-electron chi connectivity index (χ2n) is 3.66. The molecule has 5 heteroatoms. The van der Waals surface area contributed by atoms with Crippen molar-refractivity contribution in [3.8, 4) is 0 Å². The number of nitrogens with zero attached hydrogens (tertiary/aromatic N) is 2. The lowest BCUT2D eigenvalue weighted by molar-refractivity contribution is -0.117. The summed E-state index contributed by atoms with van der Waals surface area (Å²) < 4.78 is 0. The van der Waals surface area contributed by atoms with Crippen molar-refractivity contribution in [1.82, 2.24) is 10.2 Å². The molecule has 0 radical (unpaired) electrons. The van der Waals surface area contributed by atoms with E-state index in [1.807, 2.05) is 6.92 Å². The highest BCUT2D eigenvalue weighted by Crippen LogP contribution is 2.38. The lowest BCUT2D eigenvalue weighted by atomic mass is 10.3. The van der Waals surface area contributed by atoms with Crippen molar-refractivity contribution in [2.45, 2.75) is 26.7 Å². The fourth-order valence-electron chi connectivity index (χ4n) is 1.33. The van der Waals surface area contributed by atoms with Crippen molar-refractivity contribution in [3.63, 3.8) is 0 Å². The summed E-state index contributed by atoms with van der Waals surface area (Å²) in [7, 11) is 0. The minimum atomic E-state index is 0.0938. The summed E-state index contributed by atoms with van der Waals surface area (Å²) in [5.74, 6) is 0.828. The van der Waals surface area contributed by atoms with Gasteiger partial charge >= 0.3 is 0 Å². The van der Waals surface area contributed by atoms with E-state index in [0.717, 1.165) is 17.8 Å². The van der Waals surface area contributed by atoms with E-state index in [9.17, 15) is 4.79 Å². The maximum atomic E-state index is 11.5. The minimum absolute atomic E-state index is 0.0938. The minimum Gasteiger partial charge on any atom is -0.300 e. The largest absolute Gasteiger partial charge is 0.300 e. The number of hydrogen-bond acceptors (Lipinski definition) is 4. The zero-order chi connectivity index (χ0) is 10.1. The average Bonchev–Trinajstić information content (AvgIpc) is 2.74. The molecule has 1 heterocycles. The average molecular weight is 211 g/mol. The number of nitrogens with one attached hydrogen (secondary N) is 1. The van der Waals surface area contributed by atoms with E-state index in [-0.39, 0.29) is 11.8 Å². The van der Waals surface area contributed by atoms with Crippen LogP contribution in [0, 0.1) is 11.8 Å². The molecule has 2 atom stereocenters. The molecule has 4 nitrogen and oxygen atoms in total. The molecular formula is C9H13N3OS. The number of rotatable bonds is 3. The first kappa shape index (κ1) is 9.58. The molecule has 1 aromatic heterocycles. The first-order chi connectivity index (χ1) is 6.70. The summed E-state index contributed by atoms with van der Waals surface area (Å²) in [5.41, 5.74) is 0. The van der Waals surface area contributed by atoms with Crippen molar-refractivity contribution in [1.29, 1.82) is 0 Å². The van der Waals surface area contributed by atoms with Gasteiger partial charge in [-0.15, -0.1) is 10.2 Å². The number of carbonyl (C=O) groups is 1. The van der Waals surface area contributed by atoms with Crippen molar-refractivity contribution >= 4 is 22.4 Å². The number of hydrogen-bond donors (Lipinski definition) is 1. The van der Waals surface area contributed by atoms with Gasteiger partial charge in [-0.2, -0.15) is 0 Å². The van der Waals surface area contributed by atoms with Gasteiger partial charge in [0.25, 0.3) is 0 Å². The van der Waals surface area contributed by atoms with Gasteiger partial charge in [-0.1, -0.05) is 25.2 Å². The van der Waals surface area contributed by atoms with Crippen molar-refractivity contribution in [2.75, 3.05) is 5.32 Å². The Bertz CT molecular complexity index is 350. The molecule has 0 bridgehead atoms. The summed E-state index contributed by atoms with van der Waals surface area (Å²) in [6.45, 7) is 4.11. The van der Waals surface area contributed by atoms with E-state index < -0.39 is 0 Å². The maximum Gasteiger partial charge on any atom is 0.229 e. The molecule has 1 amide bonds. The van der Waals surface area contributed by atoms with Crippen LogP contribution in [0.25, 0.3) is 0 Å². The van der Waals surface area contributed by atoms with Crippen LogP contribution in [0.5, 0.6) is 0 Å². The monoisotopic (exact) mass is 211 g/mol. The fraction of sp³-hybridized carbons (Fsp3) is 0.667. The Hall–Kier alpha value is -0.970. The van der Waals surface area contributed by atoms with Gasteiger partial charge in [0.15, 0.2) is 0 Å². The molecule has 1 fully saturated rings. The predicted molar refractivity (Wildman–Crippen MR) is 55.2 cm³/mol. The van der Waals surface area contributed by atoms with Gasteiger partial charge in [-0.25, -0.2) is 0 Å². The van der Waals surface area contributed by atoms with Crippen molar-refractivity contribution in [3.05, 3.63) is 5.01 Å². The summed E-state index contributed by atoms with van der Waals surface area (Å²) in [6.07, 6.45) is 1.87. The first-order valence-corrected chi connectivity index (χ1v) is 5.65.